The lowest BCUT2D eigenvalue weighted by Gasteiger charge is -2.15. The Morgan fingerprint density at radius 3 is 2.62 bits per heavy atom. The Balaban J connectivity index is 0.00000300. The average molecular weight is 509 g/mol. The molecular weight excluding hydrogens is 477 g/mol. The number of halogens is 1. The lowest BCUT2D eigenvalue weighted by molar-refractivity contribution is 0.133. The molecule has 1 unspecified atom stereocenters. The van der Waals surface area contributed by atoms with Crippen molar-refractivity contribution in [3.8, 4) is 5.75 Å². The number of unbranched alkanes of at least 4 members (excludes halogenated alkanes) is 1. The van der Waals surface area contributed by atoms with Crippen LogP contribution in [0.1, 0.15) is 24.0 Å². The highest BCUT2D eigenvalue weighted by atomic mass is 127. The molecular formula is C23H32IN3O2. The van der Waals surface area contributed by atoms with Gasteiger partial charge in [-0.25, -0.2) is 0 Å². The maximum atomic E-state index is 5.95. The molecule has 158 valence electrons. The lowest BCUT2D eigenvalue weighted by atomic mass is 10.1. The summed E-state index contributed by atoms with van der Waals surface area (Å²) in [5.41, 5.74) is 2.61. The predicted octanol–water partition coefficient (Wildman–Crippen LogP) is 3.81. The van der Waals surface area contributed by atoms with Gasteiger partial charge in [-0.2, -0.15) is 0 Å². The molecule has 0 aliphatic carbocycles. The molecule has 1 aliphatic heterocycles. The summed E-state index contributed by atoms with van der Waals surface area (Å²) in [6.45, 7) is 3.21. The molecule has 0 bridgehead atoms. The second-order valence-electron chi connectivity index (χ2n) is 6.99. The number of fused-ring (bicyclic) bond motifs is 1. The minimum Gasteiger partial charge on any atom is -0.488 e. The van der Waals surface area contributed by atoms with Gasteiger partial charge < -0.3 is 20.1 Å². The number of aliphatic imine (C=N–C) groups is 1. The fourth-order valence-electron chi connectivity index (χ4n) is 3.27. The highest BCUT2D eigenvalue weighted by Crippen LogP contribution is 2.27. The minimum atomic E-state index is 0. The number of guanidine groups is 1. The molecule has 0 saturated heterocycles. The molecule has 6 heteroatoms. The van der Waals surface area contributed by atoms with Gasteiger partial charge in [0.15, 0.2) is 5.96 Å². The third-order valence-corrected chi connectivity index (χ3v) is 4.82. The molecule has 2 N–H and O–H groups in total. The van der Waals surface area contributed by atoms with Crippen molar-refractivity contribution in [2.45, 2.75) is 31.8 Å². The Kier molecular flexibility index (Phi) is 10.9. The SMILES string of the molecule is CN=C(NCCCCOCCc1ccccc1)NCC1Cc2ccccc2O1.I. The van der Waals surface area contributed by atoms with Crippen LogP contribution in [0.2, 0.25) is 0 Å². The van der Waals surface area contributed by atoms with E-state index in [2.05, 4.69) is 52.0 Å². The number of nitrogens with one attached hydrogen (secondary N) is 2. The molecule has 1 aliphatic rings. The topological polar surface area (TPSA) is 54.9 Å². The van der Waals surface area contributed by atoms with Crippen LogP contribution in [0, 0.1) is 0 Å². The van der Waals surface area contributed by atoms with Gasteiger partial charge in [0.1, 0.15) is 11.9 Å². The van der Waals surface area contributed by atoms with E-state index in [-0.39, 0.29) is 30.1 Å². The molecule has 0 saturated carbocycles. The van der Waals surface area contributed by atoms with Gasteiger partial charge in [0.25, 0.3) is 0 Å². The van der Waals surface area contributed by atoms with Crippen LogP contribution in [0.4, 0.5) is 0 Å². The monoisotopic (exact) mass is 509 g/mol. The van der Waals surface area contributed by atoms with Gasteiger partial charge in [-0.05, 0) is 36.5 Å². The number of para-hydroxylation sites is 1. The lowest BCUT2D eigenvalue weighted by Crippen LogP contribution is -2.42. The number of benzene rings is 2. The van der Waals surface area contributed by atoms with Crippen molar-refractivity contribution >= 4 is 29.9 Å². The Hall–Kier alpha value is -1.80. The first-order chi connectivity index (χ1) is 13.8. The van der Waals surface area contributed by atoms with Crippen molar-refractivity contribution in [1.82, 2.24) is 10.6 Å². The molecule has 2 aromatic carbocycles. The maximum Gasteiger partial charge on any atom is 0.191 e. The van der Waals surface area contributed by atoms with E-state index in [0.717, 1.165) is 63.7 Å². The third kappa shape index (κ3) is 8.22. The van der Waals surface area contributed by atoms with Gasteiger partial charge in [-0.15, -0.1) is 24.0 Å². The molecule has 0 spiro atoms. The summed E-state index contributed by atoms with van der Waals surface area (Å²) in [6.07, 6.45) is 4.18. The van der Waals surface area contributed by atoms with Crippen LogP contribution in [-0.2, 0) is 17.6 Å². The third-order valence-electron chi connectivity index (χ3n) is 4.82. The molecule has 3 rings (SSSR count). The van der Waals surface area contributed by atoms with Gasteiger partial charge in [0, 0.05) is 26.6 Å². The van der Waals surface area contributed by atoms with Crippen LogP contribution in [0.5, 0.6) is 5.75 Å². The van der Waals surface area contributed by atoms with E-state index in [1.807, 2.05) is 18.2 Å². The Morgan fingerprint density at radius 2 is 1.83 bits per heavy atom. The zero-order chi connectivity index (χ0) is 19.4. The van der Waals surface area contributed by atoms with Crippen LogP contribution >= 0.6 is 24.0 Å². The quantitative estimate of drug-likeness (QED) is 0.222. The Bertz CT molecular complexity index is 715. The fourth-order valence-corrected chi connectivity index (χ4v) is 3.27. The standard InChI is InChI=1S/C23H31N3O2.HI/c1-24-23(26-18-21-17-20-11-5-6-12-22(20)28-21)25-14-7-8-15-27-16-13-19-9-3-2-4-10-19;/h2-6,9-12,21H,7-8,13-18H2,1H3,(H2,24,25,26);1H. The van der Waals surface area contributed by atoms with Crippen molar-refractivity contribution < 1.29 is 9.47 Å². The van der Waals surface area contributed by atoms with Crippen LogP contribution in [0.25, 0.3) is 0 Å². The van der Waals surface area contributed by atoms with Gasteiger partial charge in [0.05, 0.1) is 13.2 Å². The van der Waals surface area contributed by atoms with Crippen LogP contribution in [0.15, 0.2) is 59.6 Å². The van der Waals surface area contributed by atoms with E-state index in [1.54, 1.807) is 7.05 Å². The molecule has 29 heavy (non-hydrogen) atoms. The highest BCUT2D eigenvalue weighted by Gasteiger charge is 2.22. The summed E-state index contributed by atoms with van der Waals surface area (Å²) in [5.74, 6) is 1.83. The van der Waals surface area contributed by atoms with E-state index in [4.69, 9.17) is 9.47 Å². The molecule has 0 amide bonds. The van der Waals surface area contributed by atoms with Crippen LogP contribution in [-0.4, -0.2) is 45.4 Å². The predicted molar refractivity (Wildman–Crippen MR) is 130 cm³/mol. The van der Waals surface area contributed by atoms with E-state index in [1.165, 1.54) is 11.1 Å². The zero-order valence-corrected chi connectivity index (χ0v) is 19.4. The van der Waals surface area contributed by atoms with Gasteiger partial charge >= 0.3 is 0 Å². The van der Waals surface area contributed by atoms with E-state index in [9.17, 15) is 0 Å². The summed E-state index contributed by atoms with van der Waals surface area (Å²) in [7, 11) is 1.80. The van der Waals surface area contributed by atoms with E-state index >= 15 is 0 Å². The van der Waals surface area contributed by atoms with Crippen molar-refractivity contribution in [3.05, 3.63) is 65.7 Å². The van der Waals surface area contributed by atoms with Crippen LogP contribution < -0.4 is 15.4 Å². The summed E-state index contributed by atoms with van der Waals surface area (Å²) in [6, 6.07) is 18.7. The number of ether oxygens (including phenoxy) is 2. The Morgan fingerprint density at radius 1 is 1.03 bits per heavy atom. The molecule has 2 aromatic rings. The zero-order valence-electron chi connectivity index (χ0n) is 17.1. The number of nitrogens with zero attached hydrogens (tertiary/aromatic N) is 1. The van der Waals surface area contributed by atoms with Gasteiger partial charge in [0.2, 0.25) is 0 Å². The average Bonchev–Trinajstić information content (AvgIpc) is 3.16. The molecule has 0 aromatic heterocycles. The molecule has 5 nitrogen and oxygen atoms in total. The van der Waals surface area contributed by atoms with Crippen molar-refractivity contribution in [3.63, 3.8) is 0 Å². The molecule has 0 fully saturated rings. The number of hydrogen-bond acceptors (Lipinski definition) is 3. The smallest absolute Gasteiger partial charge is 0.191 e. The summed E-state index contributed by atoms with van der Waals surface area (Å²) in [4.78, 5) is 4.29. The number of hydrogen-bond donors (Lipinski definition) is 2. The second kappa shape index (κ2) is 13.4. The van der Waals surface area contributed by atoms with Crippen molar-refractivity contribution in [1.29, 1.82) is 0 Å². The van der Waals surface area contributed by atoms with E-state index in [0.29, 0.717) is 0 Å². The summed E-state index contributed by atoms with van der Waals surface area (Å²) >= 11 is 0. The first kappa shape index (κ1) is 23.5. The number of rotatable bonds is 10. The van der Waals surface area contributed by atoms with Crippen molar-refractivity contribution in [2.75, 3.05) is 33.4 Å². The minimum absolute atomic E-state index is 0. The first-order valence-corrected chi connectivity index (χ1v) is 10.2. The normalized spacial score (nSPS) is 15.2. The van der Waals surface area contributed by atoms with Gasteiger partial charge in [-0.3, -0.25) is 4.99 Å². The molecule has 0 radical (unpaired) electrons. The summed E-state index contributed by atoms with van der Waals surface area (Å²) in [5, 5.41) is 6.72. The van der Waals surface area contributed by atoms with Crippen molar-refractivity contribution in [2.24, 2.45) is 4.99 Å². The molecule has 1 atom stereocenters. The highest BCUT2D eigenvalue weighted by molar-refractivity contribution is 14.0. The summed E-state index contributed by atoms with van der Waals surface area (Å²) < 4.78 is 11.7. The maximum absolute atomic E-state index is 5.95. The Labute approximate surface area is 191 Å². The fraction of sp³-hybridized carbons (Fsp3) is 0.435. The second-order valence-corrected chi connectivity index (χ2v) is 6.99. The largest absolute Gasteiger partial charge is 0.488 e. The first-order valence-electron chi connectivity index (χ1n) is 10.2. The van der Waals surface area contributed by atoms with Gasteiger partial charge in [-0.1, -0.05) is 48.5 Å². The molecule has 1 heterocycles. The van der Waals surface area contributed by atoms with Crippen LogP contribution in [0.3, 0.4) is 0 Å². The van der Waals surface area contributed by atoms with E-state index < -0.39 is 0 Å².